The number of anilines is 2. The molecule has 1 aromatic rings. The normalized spacial score (nSPS) is 15.8. The zero-order chi connectivity index (χ0) is 14.1. The minimum atomic E-state index is 0. The van der Waals surface area contributed by atoms with E-state index < -0.39 is 0 Å². The first-order chi connectivity index (χ1) is 9.71. The molecular weight excluding hydrogens is 357 g/mol. The van der Waals surface area contributed by atoms with Gasteiger partial charge < -0.3 is 24.1 Å². The summed E-state index contributed by atoms with van der Waals surface area (Å²) in [4.78, 5) is 15.7. The van der Waals surface area contributed by atoms with Crippen LogP contribution in [0.2, 0.25) is 0 Å². The minimum absolute atomic E-state index is 0. The molecule has 5 heteroatoms. The second-order valence-corrected chi connectivity index (χ2v) is 5.78. The molecule has 1 aromatic carbocycles. The number of ketones is 1. The van der Waals surface area contributed by atoms with Gasteiger partial charge in [0, 0.05) is 60.3 Å². The van der Waals surface area contributed by atoms with Crippen LogP contribution in [0.25, 0.3) is 0 Å². The summed E-state index contributed by atoms with van der Waals surface area (Å²) in [6.45, 7) is 9.21. The molecule has 107 valence electrons. The Morgan fingerprint density at radius 3 is 2.76 bits per heavy atom. The van der Waals surface area contributed by atoms with Gasteiger partial charge in [0.2, 0.25) is 0 Å². The number of hydrogen-bond donors (Lipinski definition) is 1. The fraction of sp³-hybridized carbons (Fsp3) is 0.188. The van der Waals surface area contributed by atoms with Crippen LogP contribution in [0, 0.1) is 13.8 Å². The molecule has 2 aliphatic rings. The number of nitrogens with zero attached hydrogens (tertiary/aromatic N) is 1. The van der Waals surface area contributed by atoms with Gasteiger partial charge in [-0.1, -0.05) is 17.8 Å². The van der Waals surface area contributed by atoms with Crippen LogP contribution < -0.4 is 10.2 Å². The van der Waals surface area contributed by atoms with Gasteiger partial charge >= 0.3 is 0 Å². The molecular formula is C16H16N2OSY-2. The van der Waals surface area contributed by atoms with Crippen molar-refractivity contribution >= 4 is 28.9 Å². The van der Waals surface area contributed by atoms with Gasteiger partial charge in [-0.25, -0.2) is 0 Å². The number of allylic oxidation sites excluding steroid dienone is 2. The Balaban J connectivity index is 0.00000161. The van der Waals surface area contributed by atoms with E-state index in [1.165, 1.54) is 0 Å². The molecule has 1 aliphatic carbocycles. The summed E-state index contributed by atoms with van der Waals surface area (Å²) in [5, 5.41) is 3.39. The van der Waals surface area contributed by atoms with Gasteiger partial charge in [0.15, 0.2) is 5.78 Å². The summed E-state index contributed by atoms with van der Waals surface area (Å²) in [5.74, 6) is 0.162. The predicted molar refractivity (Wildman–Crippen MR) is 84.6 cm³/mol. The fourth-order valence-corrected chi connectivity index (χ4v) is 3.39. The number of benzene rings is 1. The fourth-order valence-electron chi connectivity index (χ4n) is 2.31. The van der Waals surface area contributed by atoms with Crippen LogP contribution in [0.4, 0.5) is 11.4 Å². The van der Waals surface area contributed by atoms with Crippen molar-refractivity contribution in [2.75, 3.05) is 23.3 Å². The zero-order valence-corrected chi connectivity index (χ0v) is 15.4. The first-order valence-corrected chi connectivity index (χ1v) is 7.40. The first-order valence-electron chi connectivity index (χ1n) is 6.58. The first kappa shape index (κ1) is 16.8. The molecule has 3 nitrogen and oxygen atoms in total. The van der Waals surface area contributed by atoms with Crippen molar-refractivity contribution in [3.63, 3.8) is 0 Å². The molecule has 0 saturated heterocycles. The largest absolute Gasteiger partial charge is 0.432 e. The van der Waals surface area contributed by atoms with Crippen LogP contribution in [-0.2, 0) is 37.5 Å². The van der Waals surface area contributed by atoms with Crippen molar-refractivity contribution < 1.29 is 37.5 Å². The van der Waals surface area contributed by atoms with Gasteiger partial charge in [-0.3, -0.25) is 4.79 Å². The molecule has 0 unspecified atom stereocenters. The van der Waals surface area contributed by atoms with Crippen LogP contribution in [0.1, 0.15) is 6.42 Å². The summed E-state index contributed by atoms with van der Waals surface area (Å²) in [6, 6.07) is 6.27. The predicted octanol–water partition coefficient (Wildman–Crippen LogP) is 3.42. The maximum Gasteiger partial charge on any atom is 0.160 e. The van der Waals surface area contributed by atoms with Crippen molar-refractivity contribution in [1.82, 2.24) is 0 Å². The van der Waals surface area contributed by atoms with E-state index in [-0.39, 0.29) is 38.5 Å². The van der Waals surface area contributed by atoms with E-state index in [9.17, 15) is 4.79 Å². The van der Waals surface area contributed by atoms with Crippen molar-refractivity contribution in [2.24, 2.45) is 0 Å². The van der Waals surface area contributed by atoms with E-state index in [0.29, 0.717) is 19.5 Å². The number of carbonyl (C=O) groups excluding carboxylic acids is 1. The Kier molecular flexibility index (Phi) is 5.69. The van der Waals surface area contributed by atoms with Gasteiger partial charge in [-0.05, 0) is 24.3 Å². The second kappa shape index (κ2) is 7.12. The molecule has 1 aliphatic heterocycles. The van der Waals surface area contributed by atoms with E-state index in [1.807, 2.05) is 6.08 Å². The number of rotatable bonds is 3. The smallest absolute Gasteiger partial charge is 0.160 e. The minimum Gasteiger partial charge on any atom is -0.432 e. The molecule has 21 heavy (non-hydrogen) atoms. The molecule has 1 radical (unpaired) electrons. The Morgan fingerprint density at radius 2 is 2.05 bits per heavy atom. The molecule has 1 heterocycles. The van der Waals surface area contributed by atoms with Crippen molar-refractivity contribution in [3.8, 4) is 0 Å². The van der Waals surface area contributed by atoms with Gasteiger partial charge in [0.1, 0.15) is 0 Å². The topological polar surface area (TPSA) is 32.3 Å². The molecule has 0 spiro atoms. The third kappa shape index (κ3) is 3.44. The van der Waals surface area contributed by atoms with Crippen LogP contribution in [0.5, 0.6) is 0 Å². The van der Waals surface area contributed by atoms with E-state index in [0.717, 1.165) is 26.9 Å². The van der Waals surface area contributed by atoms with Crippen LogP contribution in [-0.4, -0.2) is 18.9 Å². The molecule has 0 atom stereocenters. The Hall–Kier alpha value is -0.576. The van der Waals surface area contributed by atoms with Crippen molar-refractivity contribution in [3.05, 3.63) is 54.8 Å². The zero-order valence-electron chi connectivity index (χ0n) is 11.8. The quantitative estimate of drug-likeness (QED) is 0.823. The molecule has 1 N–H and O–H groups in total. The number of carbonyl (C=O) groups is 1. The maximum atomic E-state index is 11.5. The van der Waals surface area contributed by atoms with E-state index in [4.69, 9.17) is 0 Å². The summed E-state index contributed by atoms with van der Waals surface area (Å²) in [5.41, 5.74) is 3.24. The van der Waals surface area contributed by atoms with E-state index >= 15 is 0 Å². The molecule has 0 bridgehead atoms. The van der Waals surface area contributed by atoms with Gasteiger partial charge in [-0.15, -0.1) is 13.1 Å². The third-order valence-electron chi connectivity index (χ3n) is 3.42. The maximum absolute atomic E-state index is 11.5. The SMILES string of the molecule is [CH2-]CN(C[CH2-])c1ccc2c(c1)SC1=CC(=O)CC=C1N2.[Y]. The summed E-state index contributed by atoms with van der Waals surface area (Å²) >= 11 is 1.64. The van der Waals surface area contributed by atoms with Crippen LogP contribution >= 0.6 is 11.8 Å². The number of thioether (sulfide) groups is 1. The van der Waals surface area contributed by atoms with Crippen LogP contribution in [0.3, 0.4) is 0 Å². The number of fused-ring (bicyclic) bond motifs is 2. The molecule has 3 rings (SSSR count). The number of hydrogen-bond acceptors (Lipinski definition) is 4. The molecule has 0 fully saturated rings. The standard InChI is InChI=1S/C16H16N2OS.Y/c1-3-18(4-2)11-5-7-13-15(9-11)20-16-10-12(19)6-8-14(16)17-13;/h5,7-10,17H,1-4,6H2;/q-2;. The Bertz CT molecular complexity index is 621. The Labute approximate surface area is 155 Å². The average Bonchev–Trinajstić information content (AvgIpc) is 2.46. The monoisotopic (exact) mass is 373 g/mol. The van der Waals surface area contributed by atoms with Crippen molar-refractivity contribution in [2.45, 2.75) is 11.3 Å². The summed E-state index contributed by atoms with van der Waals surface area (Å²) in [6.07, 6.45) is 4.17. The summed E-state index contributed by atoms with van der Waals surface area (Å²) in [7, 11) is 0. The number of nitrogens with one attached hydrogen (secondary N) is 1. The summed E-state index contributed by atoms with van der Waals surface area (Å²) < 4.78 is 0. The second-order valence-electron chi connectivity index (χ2n) is 4.69. The van der Waals surface area contributed by atoms with Crippen LogP contribution in [0.15, 0.2) is 45.8 Å². The molecule has 0 amide bonds. The molecule has 0 saturated carbocycles. The van der Waals surface area contributed by atoms with Gasteiger partial charge in [0.05, 0.1) is 5.69 Å². The van der Waals surface area contributed by atoms with E-state index in [2.05, 4.69) is 42.3 Å². The Morgan fingerprint density at radius 1 is 1.29 bits per heavy atom. The van der Waals surface area contributed by atoms with Crippen molar-refractivity contribution in [1.29, 1.82) is 0 Å². The average molecular weight is 373 g/mol. The molecule has 0 aromatic heterocycles. The third-order valence-corrected chi connectivity index (χ3v) is 4.54. The van der Waals surface area contributed by atoms with E-state index in [1.54, 1.807) is 17.8 Å². The van der Waals surface area contributed by atoms with Gasteiger partial charge in [0.25, 0.3) is 0 Å². The van der Waals surface area contributed by atoms with Gasteiger partial charge in [-0.2, -0.15) is 0 Å².